The number of aromatic nitrogens is 3. The number of carboxylic acid groups (broad SMARTS) is 1. The number of fused-ring (bicyclic) bond motifs is 3. The third-order valence-corrected chi connectivity index (χ3v) is 8.12. The molecule has 3 aromatic rings. The third kappa shape index (κ3) is 7.07. The standard InChI is InChI=1S/C30H27F9N4O5/c1-2-47-20-5-3-4-17(24(20)29(34,35)36)25-18-13-16(28(31,32)33)6-7-19(18)43-26(40-41-27(43)30(37,38)39)21(48-25)14-22(44)42-10-8-15(9-11-42)12-23(45)46/h3-7,13,15,21,25H,2,8-12,14H2,1H3,(H,45,46)/t21-,25-/m1/s1. The number of ether oxygens (including phenoxy) is 2. The van der Waals surface area contributed by atoms with Gasteiger partial charge in [-0.15, -0.1) is 10.2 Å². The molecular weight excluding hydrogens is 667 g/mol. The fraction of sp³-hybridized carbons (Fsp3) is 0.467. The molecule has 18 heteroatoms. The van der Waals surface area contributed by atoms with E-state index in [-0.39, 0.29) is 32.0 Å². The summed E-state index contributed by atoms with van der Waals surface area (Å²) in [5, 5.41) is 15.8. The highest BCUT2D eigenvalue weighted by molar-refractivity contribution is 5.77. The Morgan fingerprint density at radius 3 is 2.19 bits per heavy atom. The second kappa shape index (κ2) is 12.9. The minimum Gasteiger partial charge on any atom is -0.493 e. The van der Waals surface area contributed by atoms with Gasteiger partial charge in [0.2, 0.25) is 11.7 Å². The first kappa shape index (κ1) is 35.0. The highest BCUT2D eigenvalue weighted by Gasteiger charge is 2.47. The van der Waals surface area contributed by atoms with Crippen molar-refractivity contribution < 1.29 is 63.7 Å². The first-order valence-corrected chi connectivity index (χ1v) is 14.6. The van der Waals surface area contributed by atoms with Crippen molar-refractivity contribution in [1.82, 2.24) is 19.7 Å². The van der Waals surface area contributed by atoms with E-state index >= 15 is 0 Å². The largest absolute Gasteiger partial charge is 0.493 e. The van der Waals surface area contributed by atoms with E-state index in [1.165, 1.54) is 11.8 Å². The number of hydrogen-bond donors (Lipinski definition) is 1. The predicted octanol–water partition coefficient (Wildman–Crippen LogP) is 6.99. The molecule has 2 atom stereocenters. The van der Waals surface area contributed by atoms with E-state index in [0.717, 1.165) is 18.2 Å². The van der Waals surface area contributed by atoms with Crippen LogP contribution in [0.1, 0.15) is 78.7 Å². The zero-order valence-corrected chi connectivity index (χ0v) is 24.9. The Kier molecular flexibility index (Phi) is 9.42. The Morgan fingerprint density at radius 1 is 0.917 bits per heavy atom. The number of alkyl halides is 9. The van der Waals surface area contributed by atoms with Gasteiger partial charge in [-0.3, -0.25) is 14.2 Å². The van der Waals surface area contributed by atoms with Gasteiger partial charge in [0.15, 0.2) is 5.82 Å². The Hall–Kier alpha value is -4.35. The van der Waals surface area contributed by atoms with E-state index < -0.39 is 94.4 Å². The van der Waals surface area contributed by atoms with Crippen molar-refractivity contribution in [3.63, 3.8) is 0 Å². The summed E-state index contributed by atoms with van der Waals surface area (Å²) >= 11 is 0. The van der Waals surface area contributed by atoms with E-state index in [1.807, 2.05) is 0 Å². The number of piperidine rings is 1. The molecule has 260 valence electrons. The Labute approximate surface area is 266 Å². The van der Waals surface area contributed by atoms with Gasteiger partial charge in [-0.2, -0.15) is 39.5 Å². The first-order chi connectivity index (χ1) is 22.4. The maximum Gasteiger partial charge on any atom is 0.452 e. The summed E-state index contributed by atoms with van der Waals surface area (Å²) in [6.07, 6.45) is -19.7. The third-order valence-electron chi connectivity index (χ3n) is 8.12. The van der Waals surface area contributed by atoms with Crippen LogP contribution in [0, 0.1) is 5.92 Å². The number of amides is 1. The van der Waals surface area contributed by atoms with Crippen LogP contribution in [0.4, 0.5) is 39.5 Å². The highest BCUT2D eigenvalue weighted by atomic mass is 19.4. The van der Waals surface area contributed by atoms with E-state index in [2.05, 4.69) is 10.2 Å². The lowest BCUT2D eigenvalue weighted by Crippen LogP contribution is -2.39. The zero-order chi connectivity index (χ0) is 35.2. The molecule has 0 bridgehead atoms. The van der Waals surface area contributed by atoms with Gasteiger partial charge >= 0.3 is 24.5 Å². The number of nitrogens with zero attached hydrogens (tertiary/aromatic N) is 4. The van der Waals surface area contributed by atoms with Crippen molar-refractivity contribution in [2.75, 3.05) is 19.7 Å². The minimum atomic E-state index is -5.24. The van der Waals surface area contributed by atoms with E-state index in [0.29, 0.717) is 35.6 Å². The molecule has 0 aliphatic carbocycles. The molecule has 0 spiro atoms. The number of likely N-dealkylation sites (tertiary alicyclic amines) is 1. The van der Waals surface area contributed by atoms with Crippen LogP contribution >= 0.6 is 0 Å². The van der Waals surface area contributed by atoms with Gasteiger partial charge in [-0.05, 0) is 49.9 Å². The lowest BCUT2D eigenvalue weighted by Gasteiger charge is -2.32. The van der Waals surface area contributed by atoms with Crippen LogP contribution in [0.2, 0.25) is 0 Å². The molecular formula is C30H27F9N4O5. The molecule has 0 saturated carbocycles. The Balaban J connectivity index is 1.69. The van der Waals surface area contributed by atoms with Crippen molar-refractivity contribution in [2.45, 2.75) is 63.3 Å². The minimum absolute atomic E-state index is 0.0806. The number of carboxylic acids is 1. The molecule has 2 aliphatic heterocycles. The number of hydrogen-bond acceptors (Lipinski definition) is 6. The summed E-state index contributed by atoms with van der Waals surface area (Å²) in [5.74, 6) is -5.05. The van der Waals surface area contributed by atoms with E-state index in [4.69, 9.17) is 14.6 Å². The smallest absolute Gasteiger partial charge is 0.452 e. The summed E-state index contributed by atoms with van der Waals surface area (Å²) in [6.45, 7) is 1.33. The van der Waals surface area contributed by atoms with Crippen molar-refractivity contribution in [3.05, 3.63) is 70.3 Å². The summed E-state index contributed by atoms with van der Waals surface area (Å²) in [7, 11) is 0. The topological polar surface area (TPSA) is 107 Å². The molecule has 5 rings (SSSR count). The zero-order valence-electron chi connectivity index (χ0n) is 24.9. The lowest BCUT2D eigenvalue weighted by atomic mass is 9.93. The second-order valence-corrected chi connectivity index (χ2v) is 11.3. The Bertz CT molecular complexity index is 1680. The van der Waals surface area contributed by atoms with Crippen LogP contribution in [-0.2, 0) is 32.9 Å². The van der Waals surface area contributed by atoms with Crippen LogP contribution in [0.5, 0.6) is 5.75 Å². The van der Waals surface area contributed by atoms with Crippen LogP contribution in [0.3, 0.4) is 0 Å². The van der Waals surface area contributed by atoms with Gasteiger partial charge < -0.3 is 19.5 Å². The highest BCUT2D eigenvalue weighted by Crippen LogP contribution is 2.49. The average Bonchev–Trinajstić information content (AvgIpc) is 3.39. The van der Waals surface area contributed by atoms with Gasteiger partial charge in [0, 0.05) is 30.6 Å². The van der Waals surface area contributed by atoms with Crippen molar-refractivity contribution in [3.8, 4) is 11.4 Å². The number of benzene rings is 2. The molecule has 3 heterocycles. The SMILES string of the molecule is CCOc1cccc([C@H]2O[C@H](CC(=O)N3CCC(CC(=O)O)CC3)c3nnc(C(F)(F)F)n3-c3ccc(C(F)(F)F)cc32)c1C(F)(F)F. The molecule has 1 aromatic heterocycles. The van der Waals surface area contributed by atoms with Crippen molar-refractivity contribution in [1.29, 1.82) is 0 Å². The van der Waals surface area contributed by atoms with Gasteiger partial charge in [-0.25, -0.2) is 0 Å². The second-order valence-electron chi connectivity index (χ2n) is 11.3. The molecule has 1 fully saturated rings. The van der Waals surface area contributed by atoms with Crippen LogP contribution < -0.4 is 4.74 Å². The van der Waals surface area contributed by atoms with E-state index in [1.54, 1.807) is 0 Å². The van der Waals surface area contributed by atoms with Gasteiger partial charge in [0.1, 0.15) is 23.5 Å². The maximum absolute atomic E-state index is 14.6. The summed E-state index contributed by atoms with van der Waals surface area (Å²) < 4.78 is 140. The fourth-order valence-electron chi connectivity index (χ4n) is 6.02. The molecule has 1 N–H and O–H groups in total. The molecule has 0 unspecified atom stereocenters. The number of aliphatic carboxylic acids is 1. The quantitative estimate of drug-likeness (QED) is 0.266. The predicted molar refractivity (Wildman–Crippen MR) is 146 cm³/mol. The molecule has 1 amide bonds. The summed E-state index contributed by atoms with van der Waals surface area (Å²) in [5.41, 5.74) is -4.95. The van der Waals surface area contributed by atoms with Crippen LogP contribution in [0.25, 0.3) is 5.69 Å². The number of carbonyl (C=O) groups excluding carboxylic acids is 1. The maximum atomic E-state index is 14.6. The van der Waals surface area contributed by atoms with Crippen molar-refractivity contribution in [2.24, 2.45) is 5.92 Å². The van der Waals surface area contributed by atoms with E-state index in [9.17, 15) is 49.1 Å². The fourth-order valence-corrected chi connectivity index (χ4v) is 6.02. The van der Waals surface area contributed by atoms with Crippen LogP contribution in [0.15, 0.2) is 36.4 Å². The molecule has 2 aromatic carbocycles. The van der Waals surface area contributed by atoms with Gasteiger partial charge in [-0.1, -0.05) is 12.1 Å². The number of carbonyl (C=O) groups is 2. The average molecular weight is 695 g/mol. The molecule has 1 saturated heterocycles. The summed E-state index contributed by atoms with van der Waals surface area (Å²) in [6, 6.07) is 4.53. The van der Waals surface area contributed by atoms with Crippen LogP contribution in [-0.4, -0.2) is 56.3 Å². The molecule has 0 radical (unpaired) electrons. The number of rotatable bonds is 7. The normalized spacial score (nSPS) is 19.0. The molecule has 9 nitrogen and oxygen atoms in total. The van der Waals surface area contributed by atoms with Crippen molar-refractivity contribution >= 4 is 11.9 Å². The summed E-state index contributed by atoms with van der Waals surface area (Å²) in [4.78, 5) is 25.9. The Morgan fingerprint density at radius 2 is 1.60 bits per heavy atom. The van der Waals surface area contributed by atoms with Gasteiger partial charge in [0.25, 0.3) is 0 Å². The molecule has 2 aliphatic rings. The lowest BCUT2D eigenvalue weighted by molar-refractivity contribution is -0.146. The first-order valence-electron chi connectivity index (χ1n) is 14.6. The number of halogens is 9. The van der Waals surface area contributed by atoms with Gasteiger partial charge in [0.05, 0.1) is 24.3 Å². The monoisotopic (exact) mass is 694 g/mol. The molecule has 48 heavy (non-hydrogen) atoms.